The van der Waals surface area contributed by atoms with E-state index >= 15 is 0 Å². The molecule has 0 aliphatic rings. The van der Waals surface area contributed by atoms with Crippen LogP contribution in [-0.4, -0.2) is 9.97 Å². The monoisotopic (exact) mass is 732 g/mol. The third kappa shape index (κ3) is 5.58. The molecular formula is C52H32N2OS. The SMILES string of the molecule is c1ccc(-c2ccc(-c3ccc4oc5c(-c6cccc(-c7cccc(-c8cccc9c8sc8ccccc89)c7)c6)nc(-c6ccccc6)nc5c4c3)cc2)cc1. The van der Waals surface area contributed by atoms with Crippen LogP contribution in [0.4, 0.5) is 0 Å². The first-order valence-corrected chi connectivity index (χ1v) is 19.6. The van der Waals surface area contributed by atoms with E-state index < -0.39 is 0 Å². The predicted molar refractivity (Wildman–Crippen MR) is 235 cm³/mol. The zero-order valence-corrected chi connectivity index (χ0v) is 31.0. The summed E-state index contributed by atoms with van der Waals surface area (Å²) in [5.41, 5.74) is 14.3. The molecule has 56 heavy (non-hydrogen) atoms. The molecule has 0 fully saturated rings. The summed E-state index contributed by atoms with van der Waals surface area (Å²) in [6.07, 6.45) is 0. The van der Waals surface area contributed by atoms with Crippen LogP contribution in [0.5, 0.6) is 0 Å². The Hall–Kier alpha value is -7.14. The molecule has 262 valence electrons. The highest BCUT2D eigenvalue weighted by atomic mass is 32.1. The first kappa shape index (κ1) is 32.3. The summed E-state index contributed by atoms with van der Waals surface area (Å²) in [5.74, 6) is 0.664. The predicted octanol–water partition coefficient (Wildman–Crippen LogP) is 14.7. The van der Waals surface area contributed by atoms with Gasteiger partial charge in [-0.15, -0.1) is 11.3 Å². The number of rotatable bonds is 6. The number of thiophene rings is 1. The molecule has 0 atom stereocenters. The van der Waals surface area contributed by atoms with Crippen LogP contribution in [0.15, 0.2) is 199 Å². The fraction of sp³-hybridized carbons (Fsp3) is 0. The molecule has 0 saturated carbocycles. The van der Waals surface area contributed by atoms with Crippen molar-refractivity contribution in [1.29, 1.82) is 0 Å². The van der Waals surface area contributed by atoms with Gasteiger partial charge in [-0.3, -0.25) is 0 Å². The Bertz CT molecular complexity index is 3240. The second-order valence-electron chi connectivity index (χ2n) is 14.1. The van der Waals surface area contributed by atoms with Gasteiger partial charge in [0.2, 0.25) is 0 Å². The van der Waals surface area contributed by atoms with Crippen molar-refractivity contribution >= 4 is 53.6 Å². The Morgan fingerprint density at radius 1 is 0.375 bits per heavy atom. The number of fused-ring (bicyclic) bond motifs is 6. The van der Waals surface area contributed by atoms with Gasteiger partial charge < -0.3 is 4.42 Å². The van der Waals surface area contributed by atoms with Crippen LogP contribution in [0.3, 0.4) is 0 Å². The zero-order chi connectivity index (χ0) is 37.0. The normalized spacial score (nSPS) is 11.6. The molecule has 3 nitrogen and oxygen atoms in total. The molecule has 0 radical (unpaired) electrons. The first-order chi connectivity index (χ1) is 27.7. The van der Waals surface area contributed by atoms with Crippen LogP contribution in [0, 0.1) is 0 Å². The van der Waals surface area contributed by atoms with Crippen molar-refractivity contribution in [2.24, 2.45) is 0 Å². The Morgan fingerprint density at radius 2 is 0.929 bits per heavy atom. The van der Waals surface area contributed by atoms with Crippen LogP contribution in [-0.2, 0) is 0 Å². The molecule has 0 aliphatic carbocycles. The molecule has 11 rings (SSSR count). The molecule has 0 unspecified atom stereocenters. The number of furan rings is 1. The zero-order valence-electron chi connectivity index (χ0n) is 30.2. The van der Waals surface area contributed by atoms with E-state index in [0.717, 1.165) is 55.6 Å². The lowest BCUT2D eigenvalue weighted by Gasteiger charge is -2.10. The van der Waals surface area contributed by atoms with Gasteiger partial charge in [0.15, 0.2) is 11.4 Å². The summed E-state index contributed by atoms with van der Waals surface area (Å²) in [7, 11) is 0. The van der Waals surface area contributed by atoms with Gasteiger partial charge in [0.25, 0.3) is 0 Å². The first-order valence-electron chi connectivity index (χ1n) is 18.8. The highest BCUT2D eigenvalue weighted by Crippen LogP contribution is 2.42. The van der Waals surface area contributed by atoms with Crippen molar-refractivity contribution in [2.45, 2.75) is 0 Å². The van der Waals surface area contributed by atoms with E-state index in [1.165, 1.54) is 42.4 Å². The molecular weight excluding hydrogens is 701 g/mol. The average Bonchev–Trinajstić information content (AvgIpc) is 3.85. The molecule has 8 aromatic carbocycles. The second kappa shape index (κ2) is 13.3. The van der Waals surface area contributed by atoms with Crippen molar-refractivity contribution in [3.63, 3.8) is 0 Å². The van der Waals surface area contributed by atoms with E-state index in [-0.39, 0.29) is 0 Å². The molecule has 0 N–H and O–H groups in total. The van der Waals surface area contributed by atoms with Crippen molar-refractivity contribution < 1.29 is 4.42 Å². The molecule has 0 spiro atoms. The van der Waals surface area contributed by atoms with Gasteiger partial charge in [0.1, 0.15) is 16.8 Å². The van der Waals surface area contributed by atoms with E-state index in [1.807, 2.05) is 35.6 Å². The molecule has 0 saturated heterocycles. The summed E-state index contributed by atoms with van der Waals surface area (Å²) in [6, 6.07) is 68.6. The van der Waals surface area contributed by atoms with Gasteiger partial charge in [-0.1, -0.05) is 164 Å². The summed E-state index contributed by atoms with van der Waals surface area (Å²) in [5, 5.41) is 3.57. The summed E-state index contributed by atoms with van der Waals surface area (Å²) in [4.78, 5) is 10.4. The minimum absolute atomic E-state index is 0.664. The Labute approximate surface area is 327 Å². The average molecular weight is 733 g/mol. The number of aromatic nitrogens is 2. The number of hydrogen-bond donors (Lipinski definition) is 0. The standard InChI is InChI=1S/C52H32N2OS/c1-3-12-33(13-4-1)34-24-26-35(27-25-34)39-28-29-46-45(32-39)49-50(55-46)48(53-52(54-49)36-14-5-2-6-15-36)41-19-10-17-38(31-41)37-16-9-18-40(30-37)42-21-11-22-44-43-20-7-8-23-47(43)56-51(42)44/h1-32H. The van der Waals surface area contributed by atoms with Crippen LogP contribution in [0.2, 0.25) is 0 Å². The lowest BCUT2D eigenvalue weighted by atomic mass is 9.96. The molecule has 4 heteroatoms. The van der Waals surface area contributed by atoms with Crippen LogP contribution < -0.4 is 0 Å². The molecule has 0 amide bonds. The molecule has 3 heterocycles. The number of benzene rings is 8. The van der Waals surface area contributed by atoms with Gasteiger partial charge in [-0.2, -0.15) is 0 Å². The molecule has 0 bridgehead atoms. The third-order valence-corrected chi connectivity index (χ3v) is 11.9. The third-order valence-electron chi connectivity index (χ3n) is 10.7. The lowest BCUT2D eigenvalue weighted by Crippen LogP contribution is -1.94. The summed E-state index contributed by atoms with van der Waals surface area (Å²) >= 11 is 1.86. The summed E-state index contributed by atoms with van der Waals surface area (Å²) in [6.45, 7) is 0. The number of hydrogen-bond acceptors (Lipinski definition) is 4. The fourth-order valence-corrected chi connectivity index (χ4v) is 9.15. The quantitative estimate of drug-likeness (QED) is 0.171. The lowest BCUT2D eigenvalue weighted by molar-refractivity contribution is 0.667. The van der Waals surface area contributed by atoms with Gasteiger partial charge in [0.05, 0.1) is 0 Å². The maximum atomic E-state index is 6.66. The fourth-order valence-electron chi connectivity index (χ4n) is 7.91. The van der Waals surface area contributed by atoms with E-state index in [0.29, 0.717) is 11.4 Å². The Balaban J connectivity index is 1.03. The van der Waals surface area contributed by atoms with E-state index in [2.05, 4.69) is 170 Å². The molecule has 11 aromatic rings. The van der Waals surface area contributed by atoms with Crippen LogP contribution in [0.25, 0.3) is 109 Å². The highest BCUT2D eigenvalue weighted by molar-refractivity contribution is 7.26. The smallest absolute Gasteiger partial charge is 0.180 e. The van der Waals surface area contributed by atoms with Gasteiger partial charge >= 0.3 is 0 Å². The van der Waals surface area contributed by atoms with E-state index in [4.69, 9.17) is 14.4 Å². The number of nitrogens with zero attached hydrogens (tertiary/aromatic N) is 2. The highest BCUT2D eigenvalue weighted by Gasteiger charge is 2.20. The van der Waals surface area contributed by atoms with E-state index in [9.17, 15) is 0 Å². The summed E-state index contributed by atoms with van der Waals surface area (Å²) < 4.78 is 9.28. The van der Waals surface area contributed by atoms with Gasteiger partial charge in [-0.25, -0.2) is 9.97 Å². The van der Waals surface area contributed by atoms with E-state index in [1.54, 1.807) is 0 Å². The van der Waals surface area contributed by atoms with Gasteiger partial charge in [0, 0.05) is 36.7 Å². The Morgan fingerprint density at radius 3 is 1.71 bits per heavy atom. The van der Waals surface area contributed by atoms with Crippen LogP contribution >= 0.6 is 11.3 Å². The largest absolute Gasteiger partial charge is 0.452 e. The topological polar surface area (TPSA) is 38.9 Å². The second-order valence-corrected chi connectivity index (χ2v) is 15.2. The van der Waals surface area contributed by atoms with Crippen molar-refractivity contribution in [2.75, 3.05) is 0 Å². The van der Waals surface area contributed by atoms with Gasteiger partial charge in [-0.05, 0) is 74.8 Å². The van der Waals surface area contributed by atoms with Crippen molar-refractivity contribution in [3.8, 4) is 67.2 Å². The van der Waals surface area contributed by atoms with Crippen molar-refractivity contribution in [1.82, 2.24) is 9.97 Å². The molecule has 3 aromatic heterocycles. The minimum atomic E-state index is 0.664. The van der Waals surface area contributed by atoms with Crippen molar-refractivity contribution in [3.05, 3.63) is 194 Å². The minimum Gasteiger partial charge on any atom is -0.452 e. The Kier molecular flexibility index (Phi) is 7.68. The van der Waals surface area contributed by atoms with Crippen LogP contribution in [0.1, 0.15) is 0 Å². The maximum Gasteiger partial charge on any atom is 0.180 e. The molecule has 0 aliphatic heterocycles. The maximum absolute atomic E-state index is 6.66.